The average molecular weight is 582 g/mol. The van der Waals surface area contributed by atoms with Gasteiger partial charge in [-0.25, -0.2) is 0 Å². The third-order valence-electron chi connectivity index (χ3n) is 8.85. The molecule has 0 saturated heterocycles. The quantitative estimate of drug-likeness (QED) is 0.208. The van der Waals surface area contributed by atoms with Crippen molar-refractivity contribution in [2.75, 3.05) is 4.90 Å². The van der Waals surface area contributed by atoms with Crippen molar-refractivity contribution in [3.63, 3.8) is 0 Å². The van der Waals surface area contributed by atoms with Gasteiger partial charge in [0.15, 0.2) is 5.58 Å². The van der Waals surface area contributed by atoms with E-state index >= 15 is 0 Å². The van der Waals surface area contributed by atoms with Crippen LogP contribution in [0.2, 0.25) is 0 Å². The molecule has 10 aromatic rings. The molecule has 3 aromatic heterocycles. The number of fused-ring (bicyclic) bond motifs is 11. The van der Waals surface area contributed by atoms with Gasteiger partial charge in [0.2, 0.25) is 0 Å². The molecule has 4 heteroatoms. The third kappa shape index (κ3) is 3.26. The summed E-state index contributed by atoms with van der Waals surface area (Å²) in [5, 5.41) is 9.16. The molecule has 0 aliphatic rings. The molecule has 3 heterocycles. The lowest BCUT2D eigenvalue weighted by Crippen LogP contribution is -2.11. The van der Waals surface area contributed by atoms with E-state index in [0.717, 1.165) is 66.3 Å². The summed E-state index contributed by atoms with van der Waals surface area (Å²) in [4.78, 5) is 2.39. The zero-order chi connectivity index (χ0) is 28.8. The molecule has 0 aliphatic carbocycles. The second kappa shape index (κ2) is 8.96. The fraction of sp³-hybridized carbons (Fsp3) is 0. The van der Waals surface area contributed by atoms with E-state index < -0.39 is 0 Å². The molecule has 0 radical (unpaired) electrons. The van der Waals surface area contributed by atoms with Gasteiger partial charge in [-0.05, 0) is 53.9 Å². The van der Waals surface area contributed by atoms with Crippen LogP contribution in [0.3, 0.4) is 0 Å². The van der Waals surface area contributed by atoms with Crippen molar-refractivity contribution < 1.29 is 8.83 Å². The molecule has 3 nitrogen and oxygen atoms in total. The molecule has 0 spiro atoms. The average Bonchev–Trinajstić information content (AvgIpc) is 3.77. The van der Waals surface area contributed by atoms with Crippen molar-refractivity contribution in [3.05, 3.63) is 140 Å². The Labute approximate surface area is 255 Å². The number of hydrogen-bond acceptors (Lipinski definition) is 4. The van der Waals surface area contributed by atoms with Gasteiger partial charge >= 0.3 is 0 Å². The summed E-state index contributed by atoms with van der Waals surface area (Å²) in [6, 6.07) is 49.3. The number of benzene rings is 7. The predicted molar refractivity (Wildman–Crippen MR) is 186 cm³/mol. The van der Waals surface area contributed by atoms with Gasteiger partial charge in [0, 0.05) is 41.7 Å². The van der Waals surface area contributed by atoms with Gasteiger partial charge in [-0.15, -0.1) is 11.3 Å². The lowest BCUT2D eigenvalue weighted by atomic mass is 10.0. The number of anilines is 3. The van der Waals surface area contributed by atoms with Crippen molar-refractivity contribution in [1.82, 2.24) is 0 Å². The first kappa shape index (κ1) is 23.9. The fourth-order valence-corrected chi connectivity index (χ4v) is 8.09. The second-order valence-electron chi connectivity index (χ2n) is 11.3. The molecule has 0 atom stereocenters. The number of furan rings is 2. The largest absolute Gasteiger partial charge is 0.456 e. The minimum Gasteiger partial charge on any atom is -0.456 e. The maximum Gasteiger partial charge on any atom is 0.159 e. The Hall–Kier alpha value is -5.58. The predicted octanol–water partition coefficient (Wildman–Crippen LogP) is 12.5. The summed E-state index contributed by atoms with van der Waals surface area (Å²) in [5.41, 5.74) is 6.66. The van der Waals surface area contributed by atoms with E-state index in [2.05, 4.69) is 132 Å². The van der Waals surface area contributed by atoms with Crippen LogP contribution in [-0.2, 0) is 0 Å². The summed E-state index contributed by atoms with van der Waals surface area (Å²) in [7, 11) is 0. The summed E-state index contributed by atoms with van der Waals surface area (Å²) in [6.07, 6.45) is 0. The highest BCUT2D eigenvalue weighted by Gasteiger charge is 2.25. The van der Waals surface area contributed by atoms with Gasteiger partial charge in [-0.1, -0.05) is 91.0 Å². The van der Waals surface area contributed by atoms with E-state index in [0.29, 0.717) is 0 Å². The molecule has 0 N–H and O–H groups in total. The van der Waals surface area contributed by atoms with Crippen LogP contribution in [0.5, 0.6) is 0 Å². The lowest BCUT2D eigenvalue weighted by molar-refractivity contribution is 0.668. The van der Waals surface area contributed by atoms with Crippen molar-refractivity contribution in [3.8, 4) is 0 Å². The molecule has 0 fully saturated rings. The Bertz CT molecular complexity index is 2630. The van der Waals surface area contributed by atoms with Crippen LogP contribution in [0.25, 0.3) is 74.8 Å². The summed E-state index contributed by atoms with van der Waals surface area (Å²) in [5.74, 6) is 0. The SMILES string of the molecule is c1ccc2c(c1)ccc1c3cccc(N(c4cccc5oc6ccccc6c45)c4cccc5sc6ccccc6c45)c3oc21. The zero-order valence-electron chi connectivity index (χ0n) is 23.5. The van der Waals surface area contributed by atoms with Crippen LogP contribution in [0, 0.1) is 0 Å². The lowest BCUT2D eigenvalue weighted by Gasteiger charge is -2.27. The first-order valence-electron chi connectivity index (χ1n) is 14.8. The summed E-state index contributed by atoms with van der Waals surface area (Å²) in [6.45, 7) is 0. The van der Waals surface area contributed by atoms with Crippen LogP contribution in [-0.4, -0.2) is 0 Å². The van der Waals surface area contributed by atoms with Crippen LogP contribution in [0.1, 0.15) is 0 Å². The molecule has 0 saturated carbocycles. The Kier molecular flexibility index (Phi) is 4.87. The van der Waals surface area contributed by atoms with E-state index in [-0.39, 0.29) is 0 Å². The number of para-hydroxylation sites is 2. The first-order valence-corrected chi connectivity index (χ1v) is 15.6. The van der Waals surface area contributed by atoms with Crippen LogP contribution in [0.4, 0.5) is 17.1 Å². The molecule has 0 amide bonds. The maximum atomic E-state index is 6.92. The number of hydrogen-bond donors (Lipinski definition) is 0. The topological polar surface area (TPSA) is 29.5 Å². The van der Waals surface area contributed by atoms with Crippen LogP contribution >= 0.6 is 11.3 Å². The maximum absolute atomic E-state index is 6.92. The smallest absolute Gasteiger partial charge is 0.159 e. The van der Waals surface area contributed by atoms with Crippen molar-refractivity contribution >= 4 is 103 Å². The minimum atomic E-state index is 0.860. The van der Waals surface area contributed by atoms with Crippen molar-refractivity contribution in [2.45, 2.75) is 0 Å². The molecular formula is C40H23NO2S. The number of rotatable bonds is 3. The molecule has 0 bridgehead atoms. The molecule has 206 valence electrons. The number of nitrogens with zero attached hydrogens (tertiary/aromatic N) is 1. The van der Waals surface area contributed by atoms with E-state index in [1.165, 1.54) is 25.6 Å². The number of thiophene rings is 1. The standard InChI is InChI=1S/C40H23NO2S/c1-2-11-25-24(10-1)22-23-27-26-14-7-17-32(40(26)43-39(25)27)41(30-15-8-19-34-37(30)28-12-3-5-18-33(28)42-34)31-16-9-21-36-38(31)29-13-4-6-20-35(29)44-36/h1-23H. The minimum absolute atomic E-state index is 0.860. The van der Waals surface area contributed by atoms with E-state index in [9.17, 15) is 0 Å². The third-order valence-corrected chi connectivity index (χ3v) is 9.99. The Morgan fingerprint density at radius 2 is 1.02 bits per heavy atom. The highest BCUT2D eigenvalue weighted by molar-refractivity contribution is 7.26. The van der Waals surface area contributed by atoms with E-state index in [4.69, 9.17) is 8.83 Å². The van der Waals surface area contributed by atoms with Gasteiger partial charge in [0.1, 0.15) is 16.7 Å². The highest BCUT2D eigenvalue weighted by Crippen LogP contribution is 2.50. The van der Waals surface area contributed by atoms with Crippen molar-refractivity contribution in [2.24, 2.45) is 0 Å². The fourth-order valence-electron chi connectivity index (χ4n) is 6.96. The Morgan fingerprint density at radius 1 is 0.386 bits per heavy atom. The van der Waals surface area contributed by atoms with Crippen LogP contribution < -0.4 is 4.90 Å². The summed E-state index contributed by atoms with van der Waals surface area (Å²) < 4.78 is 15.8. The zero-order valence-corrected chi connectivity index (χ0v) is 24.3. The molecular weight excluding hydrogens is 559 g/mol. The Balaban J connectivity index is 1.38. The second-order valence-corrected chi connectivity index (χ2v) is 12.3. The molecule has 7 aromatic carbocycles. The van der Waals surface area contributed by atoms with E-state index in [1.54, 1.807) is 0 Å². The highest BCUT2D eigenvalue weighted by atomic mass is 32.1. The molecule has 0 aliphatic heterocycles. The van der Waals surface area contributed by atoms with Gasteiger partial charge < -0.3 is 13.7 Å². The van der Waals surface area contributed by atoms with Crippen LogP contribution in [0.15, 0.2) is 148 Å². The van der Waals surface area contributed by atoms with Gasteiger partial charge in [-0.2, -0.15) is 0 Å². The van der Waals surface area contributed by atoms with Gasteiger partial charge in [0.05, 0.1) is 22.4 Å². The summed E-state index contributed by atoms with van der Waals surface area (Å²) >= 11 is 1.83. The molecule has 44 heavy (non-hydrogen) atoms. The Morgan fingerprint density at radius 3 is 1.95 bits per heavy atom. The van der Waals surface area contributed by atoms with Crippen molar-refractivity contribution in [1.29, 1.82) is 0 Å². The monoisotopic (exact) mass is 581 g/mol. The first-order chi connectivity index (χ1) is 21.8. The normalized spacial score (nSPS) is 12.1. The van der Waals surface area contributed by atoms with Gasteiger partial charge in [-0.3, -0.25) is 0 Å². The van der Waals surface area contributed by atoms with E-state index in [1.807, 2.05) is 23.5 Å². The van der Waals surface area contributed by atoms with Gasteiger partial charge in [0.25, 0.3) is 0 Å². The molecule has 0 unspecified atom stereocenters. The molecule has 10 rings (SSSR count).